The molecule has 25 heavy (non-hydrogen) atoms. The standard InChI is InChI=1S/C18H13ClN4O2/c1-9-15-16(11(8-20)17(21)25-18(15)23-22-9)14-7-6-13(24-14)10-4-2-3-5-12(10)19/h2-7,16H,21H2,1H3,(H,22,23)/t16-/m0/s1. The summed E-state index contributed by atoms with van der Waals surface area (Å²) < 4.78 is 11.5. The highest BCUT2D eigenvalue weighted by molar-refractivity contribution is 6.33. The first-order valence-electron chi connectivity index (χ1n) is 7.57. The monoisotopic (exact) mass is 352 g/mol. The van der Waals surface area contributed by atoms with E-state index in [-0.39, 0.29) is 11.5 Å². The Kier molecular flexibility index (Phi) is 3.52. The largest absolute Gasteiger partial charge is 0.460 e. The highest BCUT2D eigenvalue weighted by Gasteiger charge is 2.36. The first kappa shape index (κ1) is 15.4. The SMILES string of the molecule is Cc1[nH]nc2c1[C@H](c1ccc(-c3ccccc3Cl)o1)C(C#N)=C(N)O2. The van der Waals surface area contributed by atoms with E-state index in [4.69, 9.17) is 26.5 Å². The van der Waals surface area contributed by atoms with Crippen LogP contribution < -0.4 is 10.5 Å². The van der Waals surface area contributed by atoms with Crippen LogP contribution in [0.5, 0.6) is 5.88 Å². The van der Waals surface area contributed by atoms with Crippen LogP contribution >= 0.6 is 11.6 Å². The van der Waals surface area contributed by atoms with Crippen molar-refractivity contribution < 1.29 is 9.15 Å². The summed E-state index contributed by atoms with van der Waals surface area (Å²) in [6, 6.07) is 13.2. The molecular formula is C18H13ClN4O2. The number of H-pyrrole nitrogens is 1. The smallest absolute Gasteiger partial charge is 0.244 e. The molecule has 1 aliphatic rings. The van der Waals surface area contributed by atoms with E-state index in [2.05, 4.69) is 16.3 Å². The lowest BCUT2D eigenvalue weighted by atomic mass is 9.88. The van der Waals surface area contributed by atoms with E-state index in [1.54, 1.807) is 6.07 Å². The van der Waals surface area contributed by atoms with E-state index in [0.29, 0.717) is 22.4 Å². The first-order valence-corrected chi connectivity index (χ1v) is 7.95. The van der Waals surface area contributed by atoms with Gasteiger partial charge in [-0.3, -0.25) is 5.10 Å². The van der Waals surface area contributed by atoms with Crippen molar-refractivity contribution in [2.45, 2.75) is 12.8 Å². The number of nitriles is 1. The van der Waals surface area contributed by atoms with Gasteiger partial charge in [-0.15, -0.1) is 5.10 Å². The van der Waals surface area contributed by atoms with Crippen molar-refractivity contribution in [2.24, 2.45) is 5.73 Å². The minimum Gasteiger partial charge on any atom is -0.460 e. The summed E-state index contributed by atoms with van der Waals surface area (Å²) in [7, 11) is 0. The first-order chi connectivity index (χ1) is 12.1. The maximum atomic E-state index is 9.55. The molecule has 7 heteroatoms. The zero-order valence-electron chi connectivity index (χ0n) is 13.2. The van der Waals surface area contributed by atoms with Crippen LogP contribution in [0.2, 0.25) is 5.02 Å². The summed E-state index contributed by atoms with van der Waals surface area (Å²) in [5, 5.41) is 17.1. The summed E-state index contributed by atoms with van der Waals surface area (Å²) >= 11 is 6.25. The highest BCUT2D eigenvalue weighted by Crippen LogP contribution is 2.44. The molecule has 1 aromatic carbocycles. The van der Waals surface area contributed by atoms with Crippen molar-refractivity contribution in [3.05, 3.63) is 69.9 Å². The number of hydrogen-bond donors (Lipinski definition) is 2. The molecular weight excluding hydrogens is 340 g/mol. The minimum atomic E-state index is -0.483. The van der Waals surface area contributed by atoms with Crippen LogP contribution in [0.15, 0.2) is 52.3 Å². The fourth-order valence-corrected chi connectivity index (χ4v) is 3.23. The molecule has 0 unspecified atom stereocenters. The van der Waals surface area contributed by atoms with Crippen molar-refractivity contribution in [1.29, 1.82) is 5.26 Å². The molecule has 0 saturated heterocycles. The molecule has 1 aliphatic heterocycles. The molecule has 6 nitrogen and oxygen atoms in total. The third-order valence-electron chi connectivity index (χ3n) is 4.18. The van der Waals surface area contributed by atoms with E-state index in [0.717, 1.165) is 16.8 Å². The van der Waals surface area contributed by atoms with E-state index in [1.165, 1.54) is 0 Å². The predicted molar refractivity (Wildman–Crippen MR) is 91.8 cm³/mol. The van der Waals surface area contributed by atoms with E-state index < -0.39 is 5.92 Å². The lowest BCUT2D eigenvalue weighted by Crippen LogP contribution is -2.20. The number of allylic oxidation sites excluding steroid dienone is 1. The number of nitrogens with one attached hydrogen (secondary N) is 1. The molecule has 3 aromatic rings. The maximum Gasteiger partial charge on any atom is 0.244 e. The van der Waals surface area contributed by atoms with Crippen molar-refractivity contribution in [1.82, 2.24) is 10.2 Å². The van der Waals surface area contributed by atoms with Gasteiger partial charge in [-0.1, -0.05) is 23.7 Å². The summed E-state index contributed by atoms with van der Waals surface area (Å²) in [5.41, 5.74) is 8.50. The van der Waals surface area contributed by atoms with Gasteiger partial charge in [0.25, 0.3) is 0 Å². The number of aromatic nitrogens is 2. The maximum absolute atomic E-state index is 9.55. The van der Waals surface area contributed by atoms with Crippen LogP contribution in [0.4, 0.5) is 0 Å². The van der Waals surface area contributed by atoms with Crippen molar-refractivity contribution in [2.75, 3.05) is 0 Å². The Balaban J connectivity index is 1.86. The second kappa shape index (κ2) is 5.72. The molecule has 1 atom stereocenters. The topological polar surface area (TPSA) is 101 Å². The van der Waals surface area contributed by atoms with Gasteiger partial charge < -0.3 is 14.9 Å². The molecule has 0 amide bonds. The van der Waals surface area contributed by atoms with Crippen LogP contribution in [0, 0.1) is 18.3 Å². The van der Waals surface area contributed by atoms with Crippen LogP contribution in [0.1, 0.15) is 22.9 Å². The number of ether oxygens (including phenoxy) is 1. The number of fused-ring (bicyclic) bond motifs is 1. The second-order valence-corrected chi connectivity index (χ2v) is 6.08. The number of nitrogens with zero attached hydrogens (tertiary/aromatic N) is 2. The fraction of sp³-hybridized carbons (Fsp3) is 0.111. The van der Waals surface area contributed by atoms with Crippen molar-refractivity contribution in [3.8, 4) is 23.3 Å². The molecule has 3 heterocycles. The van der Waals surface area contributed by atoms with Gasteiger partial charge in [0.2, 0.25) is 11.8 Å². The number of furan rings is 1. The molecule has 0 bridgehead atoms. The van der Waals surface area contributed by atoms with Crippen molar-refractivity contribution >= 4 is 11.6 Å². The molecule has 0 saturated carbocycles. The van der Waals surface area contributed by atoms with Gasteiger partial charge in [-0.2, -0.15) is 5.26 Å². The molecule has 4 rings (SSSR count). The number of rotatable bonds is 2. The number of benzene rings is 1. The molecule has 124 valence electrons. The number of hydrogen-bond acceptors (Lipinski definition) is 5. The summed E-state index contributed by atoms with van der Waals surface area (Å²) in [4.78, 5) is 0. The van der Waals surface area contributed by atoms with E-state index in [1.807, 2.05) is 37.3 Å². The zero-order chi connectivity index (χ0) is 17.6. The normalized spacial score (nSPS) is 16.3. The minimum absolute atomic E-state index is 0.0298. The highest BCUT2D eigenvalue weighted by atomic mass is 35.5. The van der Waals surface area contributed by atoms with Gasteiger partial charge in [0.1, 0.15) is 23.2 Å². The van der Waals surface area contributed by atoms with E-state index >= 15 is 0 Å². The lowest BCUT2D eigenvalue weighted by Gasteiger charge is -2.21. The molecule has 3 N–H and O–H groups in total. The fourth-order valence-electron chi connectivity index (χ4n) is 3.00. The van der Waals surface area contributed by atoms with Crippen molar-refractivity contribution in [3.63, 3.8) is 0 Å². The van der Waals surface area contributed by atoms with E-state index in [9.17, 15) is 5.26 Å². The number of aromatic amines is 1. The van der Waals surface area contributed by atoms with Crippen LogP contribution in [-0.2, 0) is 0 Å². The predicted octanol–water partition coefficient (Wildman–Crippen LogP) is 3.85. The Morgan fingerprint density at radius 1 is 1.28 bits per heavy atom. The Morgan fingerprint density at radius 3 is 2.84 bits per heavy atom. The average Bonchev–Trinajstić information content (AvgIpc) is 3.22. The van der Waals surface area contributed by atoms with Gasteiger partial charge >= 0.3 is 0 Å². The molecule has 0 fully saturated rings. The Morgan fingerprint density at radius 2 is 2.08 bits per heavy atom. The summed E-state index contributed by atoms with van der Waals surface area (Å²) in [6.45, 7) is 1.86. The van der Waals surface area contributed by atoms with Crippen LogP contribution in [0.25, 0.3) is 11.3 Å². The molecule has 0 radical (unpaired) electrons. The van der Waals surface area contributed by atoms with Crippen LogP contribution in [-0.4, -0.2) is 10.2 Å². The Bertz CT molecular complexity index is 1040. The number of halogens is 1. The summed E-state index contributed by atoms with van der Waals surface area (Å²) in [5.74, 6) is 1.09. The lowest BCUT2D eigenvalue weighted by molar-refractivity contribution is 0.371. The quantitative estimate of drug-likeness (QED) is 0.729. The van der Waals surface area contributed by atoms with Gasteiger partial charge in [0.15, 0.2) is 0 Å². The van der Waals surface area contributed by atoms with Gasteiger partial charge in [0.05, 0.1) is 16.5 Å². The average molecular weight is 353 g/mol. The third-order valence-corrected chi connectivity index (χ3v) is 4.51. The number of aryl methyl sites for hydroxylation is 1. The third kappa shape index (κ3) is 2.37. The second-order valence-electron chi connectivity index (χ2n) is 5.67. The molecule has 2 aromatic heterocycles. The Labute approximate surface area is 148 Å². The van der Waals surface area contributed by atoms with Crippen LogP contribution in [0.3, 0.4) is 0 Å². The van der Waals surface area contributed by atoms with Gasteiger partial charge in [-0.05, 0) is 31.2 Å². The summed E-state index contributed by atoms with van der Waals surface area (Å²) in [6.07, 6.45) is 0. The molecule has 0 spiro atoms. The zero-order valence-corrected chi connectivity index (χ0v) is 14.0. The van der Waals surface area contributed by atoms with Gasteiger partial charge in [0, 0.05) is 11.3 Å². The number of nitrogens with two attached hydrogens (primary N) is 1. The Hall–Kier alpha value is -3.17. The van der Waals surface area contributed by atoms with Gasteiger partial charge in [-0.25, -0.2) is 0 Å². The molecule has 0 aliphatic carbocycles.